The summed E-state index contributed by atoms with van der Waals surface area (Å²) in [6, 6.07) is 11.5. The summed E-state index contributed by atoms with van der Waals surface area (Å²) in [5.41, 5.74) is 2.80. The third-order valence-corrected chi connectivity index (χ3v) is 3.86. The van der Waals surface area contributed by atoms with Gasteiger partial charge in [0.25, 0.3) is 0 Å². The Kier molecular flexibility index (Phi) is 5.08. The number of aliphatic hydroxyl groups excluding tert-OH is 1. The van der Waals surface area contributed by atoms with E-state index in [1.807, 2.05) is 43.3 Å². The highest BCUT2D eigenvalue weighted by molar-refractivity contribution is 9.10. The van der Waals surface area contributed by atoms with Crippen LogP contribution in [0.15, 0.2) is 40.9 Å². The Morgan fingerprint density at radius 2 is 2.00 bits per heavy atom. The highest BCUT2D eigenvalue weighted by atomic mass is 79.9. The normalized spacial score (nSPS) is 12.2. The molecule has 2 aromatic rings. The molecule has 0 amide bonds. The van der Waals surface area contributed by atoms with Gasteiger partial charge in [-0.2, -0.15) is 0 Å². The zero-order valence-corrected chi connectivity index (χ0v) is 13.7. The highest BCUT2D eigenvalue weighted by Crippen LogP contribution is 2.29. The number of hydrogen-bond donors (Lipinski definition) is 1. The first-order chi connectivity index (χ1) is 9.47. The van der Waals surface area contributed by atoms with Crippen molar-refractivity contribution in [1.82, 2.24) is 0 Å². The second-order valence-electron chi connectivity index (χ2n) is 4.74. The van der Waals surface area contributed by atoms with E-state index in [9.17, 15) is 5.11 Å². The summed E-state index contributed by atoms with van der Waals surface area (Å²) in [7, 11) is 0. The van der Waals surface area contributed by atoms with Crippen LogP contribution in [-0.2, 0) is 6.61 Å². The average Bonchev–Trinajstić information content (AvgIpc) is 2.38. The SMILES string of the molecule is Cc1ccc(COc2ccc(Br)cc2[C@H](C)O)c(Cl)c1. The lowest BCUT2D eigenvalue weighted by Gasteiger charge is -2.14. The third kappa shape index (κ3) is 3.75. The maximum absolute atomic E-state index is 9.79. The second kappa shape index (κ2) is 6.61. The van der Waals surface area contributed by atoms with Crippen molar-refractivity contribution in [3.8, 4) is 5.75 Å². The van der Waals surface area contributed by atoms with Crippen LogP contribution in [0.1, 0.15) is 29.7 Å². The van der Waals surface area contributed by atoms with Crippen LogP contribution >= 0.6 is 27.5 Å². The van der Waals surface area contributed by atoms with Crippen molar-refractivity contribution in [2.75, 3.05) is 0 Å². The van der Waals surface area contributed by atoms with Gasteiger partial charge in [0.2, 0.25) is 0 Å². The monoisotopic (exact) mass is 354 g/mol. The predicted octanol–water partition coefficient (Wildman–Crippen LogP) is 5.04. The lowest BCUT2D eigenvalue weighted by atomic mass is 10.1. The van der Waals surface area contributed by atoms with Gasteiger partial charge < -0.3 is 9.84 Å². The van der Waals surface area contributed by atoms with Crippen molar-refractivity contribution >= 4 is 27.5 Å². The van der Waals surface area contributed by atoms with Crippen molar-refractivity contribution in [3.63, 3.8) is 0 Å². The summed E-state index contributed by atoms with van der Waals surface area (Å²) in [5.74, 6) is 0.667. The Morgan fingerprint density at radius 1 is 1.25 bits per heavy atom. The molecule has 1 N–H and O–H groups in total. The van der Waals surface area contributed by atoms with Gasteiger partial charge in [-0.05, 0) is 43.7 Å². The topological polar surface area (TPSA) is 29.5 Å². The first kappa shape index (κ1) is 15.4. The lowest BCUT2D eigenvalue weighted by molar-refractivity contribution is 0.190. The van der Waals surface area contributed by atoms with E-state index in [1.54, 1.807) is 6.92 Å². The molecular weight excluding hydrogens is 340 g/mol. The molecule has 106 valence electrons. The van der Waals surface area contributed by atoms with Crippen molar-refractivity contribution in [2.45, 2.75) is 26.6 Å². The maximum Gasteiger partial charge on any atom is 0.125 e. The van der Waals surface area contributed by atoms with Gasteiger partial charge in [-0.15, -0.1) is 0 Å². The van der Waals surface area contributed by atoms with E-state index < -0.39 is 6.10 Å². The molecule has 0 aliphatic carbocycles. The van der Waals surface area contributed by atoms with Crippen LogP contribution in [-0.4, -0.2) is 5.11 Å². The summed E-state index contributed by atoms with van der Waals surface area (Å²) in [6.07, 6.45) is -0.587. The Balaban J connectivity index is 2.18. The first-order valence-electron chi connectivity index (χ1n) is 6.32. The fraction of sp³-hybridized carbons (Fsp3) is 0.250. The van der Waals surface area contributed by atoms with E-state index in [0.29, 0.717) is 17.4 Å². The fourth-order valence-electron chi connectivity index (χ4n) is 1.90. The second-order valence-corrected chi connectivity index (χ2v) is 6.06. The number of hydrogen-bond acceptors (Lipinski definition) is 2. The van der Waals surface area contributed by atoms with Crippen molar-refractivity contribution in [2.24, 2.45) is 0 Å². The summed E-state index contributed by atoms with van der Waals surface area (Å²) in [5, 5.41) is 10.5. The molecule has 0 saturated carbocycles. The van der Waals surface area contributed by atoms with E-state index in [2.05, 4.69) is 15.9 Å². The number of ether oxygens (including phenoxy) is 1. The Bertz CT molecular complexity index is 611. The largest absolute Gasteiger partial charge is 0.488 e. The lowest BCUT2D eigenvalue weighted by Crippen LogP contribution is -2.01. The Labute approximate surface area is 132 Å². The molecule has 2 aromatic carbocycles. The van der Waals surface area contributed by atoms with Crippen molar-refractivity contribution in [1.29, 1.82) is 0 Å². The summed E-state index contributed by atoms with van der Waals surface area (Å²) >= 11 is 9.58. The molecule has 0 aliphatic heterocycles. The number of benzene rings is 2. The molecule has 0 radical (unpaired) electrons. The molecule has 0 heterocycles. The third-order valence-electron chi connectivity index (χ3n) is 3.01. The fourth-order valence-corrected chi connectivity index (χ4v) is 2.57. The number of rotatable bonds is 4. The molecule has 0 fully saturated rings. The van der Waals surface area contributed by atoms with Crippen molar-refractivity contribution < 1.29 is 9.84 Å². The zero-order chi connectivity index (χ0) is 14.7. The molecule has 0 aliphatic rings. The molecule has 0 unspecified atom stereocenters. The molecule has 2 nitrogen and oxygen atoms in total. The van der Waals surface area contributed by atoms with E-state index in [1.165, 1.54) is 0 Å². The summed E-state index contributed by atoms with van der Waals surface area (Å²) < 4.78 is 6.71. The maximum atomic E-state index is 9.79. The van der Waals surface area contributed by atoms with Crippen LogP contribution in [0, 0.1) is 6.92 Å². The van der Waals surface area contributed by atoms with Crippen LogP contribution in [0.5, 0.6) is 5.75 Å². The smallest absolute Gasteiger partial charge is 0.125 e. The van der Waals surface area contributed by atoms with Gasteiger partial charge in [-0.3, -0.25) is 0 Å². The standard InChI is InChI=1S/C16H16BrClO2/c1-10-3-4-12(15(18)7-10)9-20-16-6-5-13(17)8-14(16)11(2)19/h3-8,11,19H,9H2,1-2H3/t11-/m0/s1. The minimum Gasteiger partial charge on any atom is -0.488 e. The van der Waals surface area contributed by atoms with Gasteiger partial charge in [-0.1, -0.05) is 39.7 Å². The number of aliphatic hydroxyl groups is 1. The van der Waals surface area contributed by atoms with Crippen molar-refractivity contribution in [3.05, 3.63) is 62.6 Å². The van der Waals surface area contributed by atoms with Gasteiger partial charge in [0.15, 0.2) is 0 Å². The molecular formula is C16H16BrClO2. The average molecular weight is 356 g/mol. The molecule has 0 bridgehead atoms. The minimum atomic E-state index is -0.587. The summed E-state index contributed by atoms with van der Waals surface area (Å²) in [6.45, 7) is 4.09. The molecule has 0 spiro atoms. The molecule has 2 rings (SSSR count). The van der Waals surface area contributed by atoms with Crippen LogP contribution < -0.4 is 4.74 Å². The quantitative estimate of drug-likeness (QED) is 0.832. The predicted molar refractivity (Wildman–Crippen MR) is 85.3 cm³/mol. The van der Waals surface area contributed by atoms with Crippen LogP contribution in [0.2, 0.25) is 5.02 Å². The van der Waals surface area contributed by atoms with Crippen LogP contribution in [0.3, 0.4) is 0 Å². The molecule has 0 saturated heterocycles. The van der Waals surface area contributed by atoms with Gasteiger partial charge >= 0.3 is 0 Å². The zero-order valence-electron chi connectivity index (χ0n) is 11.4. The summed E-state index contributed by atoms with van der Waals surface area (Å²) in [4.78, 5) is 0. The molecule has 4 heteroatoms. The molecule has 0 aromatic heterocycles. The molecule has 20 heavy (non-hydrogen) atoms. The first-order valence-corrected chi connectivity index (χ1v) is 7.50. The minimum absolute atomic E-state index is 0.375. The van der Waals surface area contributed by atoms with Gasteiger partial charge in [0.1, 0.15) is 12.4 Å². The Morgan fingerprint density at radius 3 is 2.65 bits per heavy atom. The Hall–Kier alpha value is -1.03. The van der Waals surface area contributed by atoms with E-state index in [0.717, 1.165) is 21.2 Å². The van der Waals surface area contributed by atoms with E-state index in [4.69, 9.17) is 16.3 Å². The van der Waals surface area contributed by atoms with Gasteiger partial charge in [-0.25, -0.2) is 0 Å². The van der Waals surface area contributed by atoms with Gasteiger partial charge in [0.05, 0.1) is 6.10 Å². The highest BCUT2D eigenvalue weighted by Gasteiger charge is 2.11. The van der Waals surface area contributed by atoms with E-state index >= 15 is 0 Å². The van der Waals surface area contributed by atoms with Crippen LogP contribution in [0.25, 0.3) is 0 Å². The van der Waals surface area contributed by atoms with Gasteiger partial charge in [0, 0.05) is 20.6 Å². The van der Waals surface area contributed by atoms with Crippen LogP contribution in [0.4, 0.5) is 0 Å². The molecule has 1 atom stereocenters. The number of aryl methyl sites for hydroxylation is 1. The van der Waals surface area contributed by atoms with E-state index in [-0.39, 0.29) is 0 Å². The number of halogens is 2.